The minimum Gasteiger partial charge on any atom is -0.379 e. The zero-order valence-corrected chi connectivity index (χ0v) is 14.2. The van der Waals surface area contributed by atoms with Gasteiger partial charge in [0.1, 0.15) is 0 Å². The molecule has 2 aliphatic rings. The molecule has 2 aliphatic heterocycles. The number of halogens is 1. The fourth-order valence-electron chi connectivity index (χ4n) is 2.67. The lowest BCUT2D eigenvalue weighted by atomic mass is 10.1. The molecule has 2 fully saturated rings. The van der Waals surface area contributed by atoms with E-state index >= 15 is 0 Å². The highest BCUT2D eigenvalue weighted by molar-refractivity contribution is 9.10. The number of ether oxygens (including phenoxy) is 2. The van der Waals surface area contributed by atoms with Crippen molar-refractivity contribution in [3.05, 3.63) is 33.8 Å². The highest BCUT2D eigenvalue weighted by Gasteiger charge is 2.22. The van der Waals surface area contributed by atoms with Crippen molar-refractivity contribution < 1.29 is 19.1 Å². The van der Waals surface area contributed by atoms with E-state index in [1.807, 2.05) is 0 Å². The van der Waals surface area contributed by atoms with E-state index in [2.05, 4.69) is 26.6 Å². The van der Waals surface area contributed by atoms with E-state index < -0.39 is 0 Å². The van der Waals surface area contributed by atoms with Gasteiger partial charge in [-0.25, -0.2) is 0 Å². The molecule has 2 unspecified atom stereocenters. The second kappa shape index (κ2) is 7.42. The van der Waals surface area contributed by atoms with Crippen LogP contribution in [0.15, 0.2) is 22.7 Å². The quantitative estimate of drug-likeness (QED) is 0.826. The van der Waals surface area contributed by atoms with Crippen molar-refractivity contribution in [1.82, 2.24) is 10.6 Å². The van der Waals surface area contributed by atoms with Gasteiger partial charge >= 0.3 is 0 Å². The summed E-state index contributed by atoms with van der Waals surface area (Å²) in [6, 6.07) is 5.10. The Bertz CT molecular complexity index is 596. The number of hydrogen-bond donors (Lipinski definition) is 2. The van der Waals surface area contributed by atoms with E-state index in [0.29, 0.717) is 42.0 Å². The molecule has 7 heteroatoms. The Balaban J connectivity index is 1.69. The first-order valence-corrected chi connectivity index (χ1v) is 8.49. The van der Waals surface area contributed by atoms with Gasteiger partial charge in [-0.05, 0) is 47.0 Å². The summed E-state index contributed by atoms with van der Waals surface area (Å²) in [6.07, 6.45) is 1.63. The molecule has 0 aromatic heterocycles. The van der Waals surface area contributed by atoms with Gasteiger partial charge < -0.3 is 20.1 Å². The summed E-state index contributed by atoms with van der Waals surface area (Å²) in [5, 5.41) is 5.85. The smallest absolute Gasteiger partial charge is 0.252 e. The van der Waals surface area contributed by atoms with Gasteiger partial charge in [0.25, 0.3) is 11.8 Å². The maximum Gasteiger partial charge on any atom is 0.252 e. The maximum absolute atomic E-state index is 12.4. The largest absolute Gasteiger partial charge is 0.379 e. The van der Waals surface area contributed by atoms with Crippen LogP contribution in [-0.4, -0.2) is 50.3 Å². The molecule has 2 heterocycles. The van der Waals surface area contributed by atoms with E-state index in [-0.39, 0.29) is 23.9 Å². The molecule has 3 rings (SSSR count). The molecule has 0 spiro atoms. The third-order valence-corrected chi connectivity index (χ3v) is 4.69. The van der Waals surface area contributed by atoms with Crippen LogP contribution in [0.25, 0.3) is 0 Å². The molecule has 1 aromatic rings. The molecule has 6 nitrogen and oxygen atoms in total. The lowest BCUT2D eigenvalue weighted by Crippen LogP contribution is -2.36. The molecule has 2 N–H and O–H groups in total. The van der Waals surface area contributed by atoms with Gasteiger partial charge in [-0.3, -0.25) is 9.59 Å². The molecule has 2 atom stereocenters. The van der Waals surface area contributed by atoms with Crippen LogP contribution in [0.2, 0.25) is 0 Å². The fraction of sp³-hybridized carbons (Fsp3) is 0.500. The molecule has 0 aliphatic carbocycles. The molecular formula is C16H19BrN2O4. The molecule has 0 radical (unpaired) electrons. The number of rotatable bonds is 4. The van der Waals surface area contributed by atoms with Crippen molar-refractivity contribution in [1.29, 1.82) is 0 Å². The third-order valence-electron chi connectivity index (χ3n) is 4.00. The number of carbonyl (C=O) groups excluding carboxylic acids is 2. The lowest BCUT2D eigenvalue weighted by Gasteiger charge is -2.14. The zero-order chi connectivity index (χ0) is 16.2. The second-order valence-corrected chi connectivity index (χ2v) is 6.62. The predicted molar refractivity (Wildman–Crippen MR) is 87.5 cm³/mol. The summed E-state index contributed by atoms with van der Waals surface area (Å²) in [6.45, 7) is 2.41. The van der Waals surface area contributed by atoms with Crippen LogP contribution < -0.4 is 10.6 Å². The van der Waals surface area contributed by atoms with Crippen molar-refractivity contribution in [2.75, 3.05) is 26.4 Å². The summed E-state index contributed by atoms with van der Waals surface area (Å²) in [5.74, 6) is -0.391. The van der Waals surface area contributed by atoms with Crippen LogP contribution in [0.3, 0.4) is 0 Å². The Morgan fingerprint density at radius 2 is 1.61 bits per heavy atom. The van der Waals surface area contributed by atoms with Crippen LogP contribution in [-0.2, 0) is 9.47 Å². The zero-order valence-electron chi connectivity index (χ0n) is 12.6. The molecule has 0 bridgehead atoms. The first-order chi connectivity index (χ1) is 11.1. The lowest BCUT2D eigenvalue weighted by molar-refractivity contribution is 0.0929. The van der Waals surface area contributed by atoms with Crippen LogP contribution in [0.5, 0.6) is 0 Å². The molecule has 2 amide bonds. The molecule has 2 saturated heterocycles. The molecule has 23 heavy (non-hydrogen) atoms. The monoisotopic (exact) mass is 382 g/mol. The summed E-state index contributed by atoms with van der Waals surface area (Å²) < 4.78 is 11.2. The van der Waals surface area contributed by atoms with Crippen molar-refractivity contribution in [3.63, 3.8) is 0 Å². The van der Waals surface area contributed by atoms with Crippen molar-refractivity contribution in [2.24, 2.45) is 0 Å². The van der Waals surface area contributed by atoms with Gasteiger partial charge in [0.2, 0.25) is 0 Å². The van der Waals surface area contributed by atoms with Crippen molar-refractivity contribution >= 4 is 27.7 Å². The maximum atomic E-state index is 12.4. The molecular weight excluding hydrogens is 364 g/mol. The van der Waals surface area contributed by atoms with E-state index in [4.69, 9.17) is 9.47 Å². The summed E-state index contributed by atoms with van der Waals surface area (Å²) >= 11 is 3.37. The van der Waals surface area contributed by atoms with Gasteiger partial charge in [-0.15, -0.1) is 0 Å². The Kier molecular flexibility index (Phi) is 5.30. The normalized spacial score (nSPS) is 23.7. The summed E-state index contributed by atoms with van der Waals surface area (Å²) in [5.41, 5.74) is 0.917. The topological polar surface area (TPSA) is 76.7 Å². The number of benzene rings is 1. The van der Waals surface area contributed by atoms with Crippen LogP contribution in [0.4, 0.5) is 0 Å². The first-order valence-electron chi connectivity index (χ1n) is 7.70. The summed E-state index contributed by atoms with van der Waals surface area (Å²) in [4.78, 5) is 24.7. The Hall–Kier alpha value is -1.44. The van der Waals surface area contributed by atoms with Gasteiger partial charge in [-0.2, -0.15) is 0 Å². The third kappa shape index (κ3) is 4.10. The summed E-state index contributed by atoms with van der Waals surface area (Å²) in [7, 11) is 0. The van der Waals surface area contributed by atoms with Gasteiger partial charge in [0.05, 0.1) is 30.9 Å². The Morgan fingerprint density at radius 3 is 2.17 bits per heavy atom. The van der Waals surface area contributed by atoms with E-state index in [0.717, 1.165) is 12.8 Å². The second-order valence-electron chi connectivity index (χ2n) is 5.76. The number of amides is 2. The molecule has 1 aromatic carbocycles. The van der Waals surface area contributed by atoms with Gasteiger partial charge in [0.15, 0.2) is 0 Å². The predicted octanol–water partition coefficient (Wildman–Crippen LogP) is 1.49. The number of nitrogens with one attached hydrogen (secondary N) is 2. The standard InChI is InChI=1S/C16H19BrN2O4/c17-14-2-1-10(15(20)18-11-3-5-22-8-11)7-13(14)16(21)19-12-4-6-23-9-12/h1-2,7,11-12H,3-6,8-9H2,(H,18,20)(H,19,21). The van der Waals surface area contributed by atoms with Crippen LogP contribution in [0, 0.1) is 0 Å². The van der Waals surface area contributed by atoms with E-state index in [9.17, 15) is 9.59 Å². The van der Waals surface area contributed by atoms with Gasteiger partial charge in [0, 0.05) is 23.2 Å². The first kappa shape index (κ1) is 16.4. The van der Waals surface area contributed by atoms with Crippen molar-refractivity contribution in [2.45, 2.75) is 24.9 Å². The Morgan fingerprint density at radius 1 is 1.00 bits per heavy atom. The highest BCUT2D eigenvalue weighted by atomic mass is 79.9. The fourth-order valence-corrected chi connectivity index (χ4v) is 3.10. The van der Waals surface area contributed by atoms with Gasteiger partial charge in [-0.1, -0.05) is 0 Å². The number of carbonyl (C=O) groups is 2. The van der Waals surface area contributed by atoms with Crippen LogP contribution >= 0.6 is 15.9 Å². The molecule has 0 saturated carbocycles. The SMILES string of the molecule is O=C(NC1CCOC1)c1ccc(Br)c(C(=O)NC2CCOC2)c1. The van der Waals surface area contributed by atoms with E-state index in [1.165, 1.54) is 0 Å². The van der Waals surface area contributed by atoms with Crippen molar-refractivity contribution in [3.8, 4) is 0 Å². The van der Waals surface area contributed by atoms with E-state index in [1.54, 1.807) is 18.2 Å². The molecule has 124 valence electrons. The Labute approximate surface area is 143 Å². The minimum absolute atomic E-state index is 0.0301. The average molecular weight is 383 g/mol. The minimum atomic E-state index is -0.203. The van der Waals surface area contributed by atoms with Crippen LogP contribution in [0.1, 0.15) is 33.6 Å². The number of hydrogen-bond acceptors (Lipinski definition) is 4. The average Bonchev–Trinajstić information content (AvgIpc) is 3.21. The highest BCUT2D eigenvalue weighted by Crippen LogP contribution is 2.19.